The highest BCUT2D eigenvalue weighted by molar-refractivity contribution is 5.31. The Balaban J connectivity index is 1.78. The van der Waals surface area contributed by atoms with Crippen LogP contribution in [0.15, 0.2) is 29.6 Å². The molecule has 0 spiro atoms. The smallest absolute Gasteiger partial charge is 0.293 e. The molecule has 1 saturated carbocycles. The minimum Gasteiger partial charge on any atom is -0.358 e. The molecule has 2 N–H and O–H groups in total. The summed E-state index contributed by atoms with van der Waals surface area (Å²) in [6.45, 7) is 0.476. The Kier molecular flexibility index (Phi) is 2.40. The van der Waals surface area contributed by atoms with E-state index in [9.17, 15) is 4.79 Å². The third-order valence-corrected chi connectivity index (χ3v) is 2.79. The first-order chi connectivity index (χ1) is 8.34. The summed E-state index contributed by atoms with van der Waals surface area (Å²) in [5, 5.41) is 3.00. The lowest BCUT2D eigenvalue weighted by atomic mass is 10.5. The number of imidazole rings is 1. The van der Waals surface area contributed by atoms with Crippen LogP contribution in [0.4, 0.5) is 5.82 Å². The highest BCUT2D eigenvalue weighted by atomic mass is 16.1. The van der Waals surface area contributed by atoms with E-state index in [0.717, 1.165) is 18.7 Å². The minimum atomic E-state index is -0.0541. The molecule has 0 atom stereocenters. The first-order valence-corrected chi connectivity index (χ1v) is 5.64. The number of H-pyrrole nitrogens is 1. The van der Waals surface area contributed by atoms with E-state index in [2.05, 4.69) is 20.3 Å². The van der Waals surface area contributed by atoms with Gasteiger partial charge in [-0.05, 0) is 12.8 Å². The van der Waals surface area contributed by atoms with Crippen LogP contribution >= 0.6 is 0 Å². The summed E-state index contributed by atoms with van der Waals surface area (Å²) in [7, 11) is 0. The van der Waals surface area contributed by atoms with E-state index in [1.54, 1.807) is 29.4 Å². The molecule has 1 fully saturated rings. The molecule has 6 nitrogen and oxygen atoms in total. The fourth-order valence-electron chi connectivity index (χ4n) is 1.75. The third kappa shape index (κ3) is 2.06. The molecule has 0 unspecified atom stereocenters. The van der Waals surface area contributed by atoms with E-state index in [-0.39, 0.29) is 5.56 Å². The van der Waals surface area contributed by atoms with Crippen LogP contribution in [-0.4, -0.2) is 19.5 Å². The van der Waals surface area contributed by atoms with Crippen molar-refractivity contribution in [2.24, 2.45) is 0 Å². The molecule has 6 heteroatoms. The Bertz CT molecular complexity index is 555. The number of anilines is 1. The van der Waals surface area contributed by atoms with Gasteiger partial charge in [-0.15, -0.1) is 0 Å². The van der Waals surface area contributed by atoms with Gasteiger partial charge in [-0.1, -0.05) is 0 Å². The lowest BCUT2D eigenvalue weighted by molar-refractivity contribution is 0.699. The van der Waals surface area contributed by atoms with Crippen molar-refractivity contribution in [3.8, 4) is 0 Å². The Labute approximate surface area is 97.7 Å². The lowest BCUT2D eigenvalue weighted by Gasteiger charge is -2.06. The number of aromatic nitrogens is 4. The quantitative estimate of drug-likeness (QED) is 0.820. The van der Waals surface area contributed by atoms with Crippen LogP contribution in [-0.2, 0) is 6.54 Å². The van der Waals surface area contributed by atoms with E-state index in [1.165, 1.54) is 0 Å². The largest absolute Gasteiger partial charge is 0.358 e. The van der Waals surface area contributed by atoms with Crippen LogP contribution in [0.3, 0.4) is 0 Å². The standard InChI is InChI=1S/C11H13N5O/c17-11-10(15-7-9-12-3-4-13-9)14-5-6-16(11)8-1-2-8/h3-6,8H,1-2,7H2,(H,12,13)(H,14,15). The molecule has 0 saturated heterocycles. The number of nitrogens with one attached hydrogen (secondary N) is 2. The summed E-state index contributed by atoms with van der Waals surface area (Å²) in [4.78, 5) is 23.1. The molecule has 1 aliphatic rings. The van der Waals surface area contributed by atoms with Crippen molar-refractivity contribution in [1.82, 2.24) is 19.5 Å². The average Bonchev–Trinajstić information content (AvgIpc) is 3.04. The summed E-state index contributed by atoms with van der Waals surface area (Å²) in [6, 6.07) is 0.370. The van der Waals surface area contributed by atoms with Gasteiger partial charge in [0.1, 0.15) is 5.82 Å². The van der Waals surface area contributed by atoms with Crippen LogP contribution in [0.1, 0.15) is 24.7 Å². The van der Waals surface area contributed by atoms with Gasteiger partial charge >= 0.3 is 0 Å². The van der Waals surface area contributed by atoms with Crippen molar-refractivity contribution < 1.29 is 0 Å². The summed E-state index contributed by atoms with van der Waals surface area (Å²) in [5.74, 6) is 1.17. The molecular formula is C11H13N5O. The van der Waals surface area contributed by atoms with Gasteiger partial charge < -0.3 is 14.9 Å². The predicted molar refractivity (Wildman–Crippen MR) is 62.7 cm³/mol. The third-order valence-electron chi connectivity index (χ3n) is 2.79. The normalized spacial score (nSPS) is 14.8. The maximum atomic E-state index is 12.0. The number of hydrogen-bond acceptors (Lipinski definition) is 4. The average molecular weight is 231 g/mol. The molecule has 2 heterocycles. The zero-order valence-corrected chi connectivity index (χ0v) is 9.26. The van der Waals surface area contributed by atoms with Crippen molar-refractivity contribution >= 4 is 5.82 Å². The van der Waals surface area contributed by atoms with E-state index >= 15 is 0 Å². The molecule has 1 aliphatic carbocycles. The zero-order chi connectivity index (χ0) is 11.7. The number of rotatable bonds is 4. The van der Waals surface area contributed by atoms with Gasteiger partial charge in [0.15, 0.2) is 5.82 Å². The second-order valence-corrected chi connectivity index (χ2v) is 4.11. The van der Waals surface area contributed by atoms with Crippen molar-refractivity contribution in [3.05, 3.63) is 41.0 Å². The van der Waals surface area contributed by atoms with E-state index in [0.29, 0.717) is 18.4 Å². The summed E-state index contributed by atoms with van der Waals surface area (Å²) in [5.41, 5.74) is -0.0541. The van der Waals surface area contributed by atoms with Gasteiger partial charge in [-0.25, -0.2) is 9.97 Å². The van der Waals surface area contributed by atoms with Gasteiger partial charge in [0.05, 0.1) is 6.54 Å². The van der Waals surface area contributed by atoms with Gasteiger partial charge in [0, 0.05) is 30.8 Å². The van der Waals surface area contributed by atoms with E-state index in [4.69, 9.17) is 0 Å². The first-order valence-electron chi connectivity index (χ1n) is 5.64. The topological polar surface area (TPSA) is 75.6 Å². The molecule has 0 aromatic carbocycles. The lowest BCUT2D eigenvalue weighted by Crippen LogP contribution is -2.23. The van der Waals surface area contributed by atoms with Crippen LogP contribution in [0, 0.1) is 0 Å². The van der Waals surface area contributed by atoms with Crippen LogP contribution in [0.2, 0.25) is 0 Å². The van der Waals surface area contributed by atoms with Crippen molar-refractivity contribution in [1.29, 1.82) is 0 Å². The first kappa shape index (κ1) is 10.1. The molecule has 0 aliphatic heterocycles. The summed E-state index contributed by atoms with van der Waals surface area (Å²) < 4.78 is 1.75. The van der Waals surface area contributed by atoms with Gasteiger partial charge in [0.2, 0.25) is 0 Å². The maximum Gasteiger partial charge on any atom is 0.293 e. The molecule has 88 valence electrons. The second kappa shape index (κ2) is 4.04. The highest BCUT2D eigenvalue weighted by Gasteiger charge is 2.25. The van der Waals surface area contributed by atoms with Crippen molar-refractivity contribution in [3.63, 3.8) is 0 Å². The Morgan fingerprint density at radius 2 is 2.29 bits per heavy atom. The number of nitrogens with zero attached hydrogens (tertiary/aromatic N) is 3. The van der Waals surface area contributed by atoms with E-state index < -0.39 is 0 Å². The minimum absolute atomic E-state index is 0.0541. The monoisotopic (exact) mass is 231 g/mol. The van der Waals surface area contributed by atoms with Crippen molar-refractivity contribution in [2.45, 2.75) is 25.4 Å². The maximum absolute atomic E-state index is 12.0. The Morgan fingerprint density at radius 1 is 1.41 bits per heavy atom. The highest BCUT2D eigenvalue weighted by Crippen LogP contribution is 2.33. The molecule has 0 radical (unpaired) electrons. The zero-order valence-electron chi connectivity index (χ0n) is 9.26. The fraction of sp³-hybridized carbons (Fsp3) is 0.364. The number of aromatic amines is 1. The molecular weight excluding hydrogens is 218 g/mol. The molecule has 17 heavy (non-hydrogen) atoms. The molecule has 2 aromatic heterocycles. The van der Waals surface area contributed by atoms with Gasteiger partial charge in [-0.2, -0.15) is 0 Å². The second-order valence-electron chi connectivity index (χ2n) is 4.11. The Morgan fingerprint density at radius 3 is 3.00 bits per heavy atom. The SMILES string of the molecule is O=c1c(NCc2ncc[nH]2)nccn1C1CC1. The molecule has 0 amide bonds. The molecule has 2 aromatic rings. The number of hydrogen-bond donors (Lipinski definition) is 2. The summed E-state index contributed by atoms with van der Waals surface area (Å²) in [6.07, 6.45) is 9.00. The summed E-state index contributed by atoms with van der Waals surface area (Å²) >= 11 is 0. The van der Waals surface area contributed by atoms with Gasteiger partial charge in [0.25, 0.3) is 5.56 Å². The molecule has 3 rings (SSSR count). The Hall–Kier alpha value is -2.11. The van der Waals surface area contributed by atoms with Crippen molar-refractivity contribution in [2.75, 3.05) is 5.32 Å². The predicted octanol–water partition coefficient (Wildman–Crippen LogP) is 0.913. The van der Waals surface area contributed by atoms with Crippen LogP contribution < -0.4 is 10.9 Å². The van der Waals surface area contributed by atoms with Crippen LogP contribution in [0.5, 0.6) is 0 Å². The van der Waals surface area contributed by atoms with E-state index in [1.807, 2.05) is 0 Å². The molecule has 0 bridgehead atoms. The fourth-order valence-corrected chi connectivity index (χ4v) is 1.75. The van der Waals surface area contributed by atoms with Crippen LogP contribution in [0.25, 0.3) is 0 Å². The van der Waals surface area contributed by atoms with Gasteiger partial charge in [-0.3, -0.25) is 4.79 Å².